The number of pyridine rings is 1. The molecular weight excluding hydrogens is 428 g/mol. The molecule has 1 aromatic carbocycles. The van der Waals surface area contributed by atoms with E-state index < -0.39 is 0 Å². The number of alkyl halides is 2. The van der Waals surface area contributed by atoms with Gasteiger partial charge in [0.1, 0.15) is 7.18 Å². The van der Waals surface area contributed by atoms with Gasteiger partial charge in [-0.2, -0.15) is 0 Å². The maximum atomic E-state index is 5.79. The Kier molecular flexibility index (Phi) is 2.58. The van der Waals surface area contributed by atoms with Crippen molar-refractivity contribution in [2.24, 2.45) is 0 Å². The highest BCUT2D eigenvalue weighted by atomic mass is 127. The van der Waals surface area contributed by atoms with E-state index in [9.17, 15) is 0 Å². The minimum absolute atomic E-state index is 0.103. The van der Waals surface area contributed by atoms with Gasteiger partial charge in [-0.1, -0.05) is 63.4 Å². The zero-order valence-electron chi connectivity index (χ0n) is 8.15. The highest BCUT2D eigenvalue weighted by Crippen LogP contribution is 2.55. The molecular formula is C12H7I2NO. The Balaban J connectivity index is 2.28. The molecule has 1 aliphatic heterocycles. The van der Waals surface area contributed by atoms with Crippen molar-refractivity contribution in [1.29, 1.82) is 0 Å². The zero-order valence-corrected chi connectivity index (χ0v) is 12.5. The Hall–Kier alpha value is -0.370. The summed E-state index contributed by atoms with van der Waals surface area (Å²) < 4.78 is 5.69. The molecule has 0 fully saturated rings. The van der Waals surface area contributed by atoms with Gasteiger partial charge in [-0.25, -0.2) is 4.98 Å². The molecule has 2 nitrogen and oxygen atoms in total. The largest absolute Gasteiger partial charge is 0.438 e. The van der Waals surface area contributed by atoms with Crippen LogP contribution in [0, 0.1) is 0 Å². The van der Waals surface area contributed by atoms with Crippen molar-refractivity contribution >= 4 is 45.2 Å². The van der Waals surface area contributed by atoms with E-state index in [1.807, 2.05) is 24.3 Å². The molecule has 1 aromatic heterocycles. The fourth-order valence-corrected chi connectivity index (χ4v) is 3.49. The first kappa shape index (κ1) is 10.8. The second kappa shape index (κ2) is 3.83. The molecule has 0 aliphatic carbocycles. The zero-order chi connectivity index (χ0) is 11.2. The number of benzene rings is 1. The minimum Gasteiger partial charge on any atom is -0.438 e. The topological polar surface area (TPSA) is 22.1 Å². The second-order valence-electron chi connectivity index (χ2n) is 3.53. The monoisotopic (exact) mass is 435 g/mol. The molecule has 0 bridgehead atoms. The van der Waals surface area contributed by atoms with Crippen molar-refractivity contribution in [3.05, 3.63) is 53.7 Å². The molecule has 0 radical (unpaired) electrons. The molecule has 0 saturated carbocycles. The lowest BCUT2D eigenvalue weighted by Gasteiger charge is -2.30. The summed E-state index contributed by atoms with van der Waals surface area (Å²) in [5.41, 5.74) is 2.31. The van der Waals surface area contributed by atoms with Crippen LogP contribution in [-0.4, -0.2) is 4.98 Å². The van der Waals surface area contributed by atoms with Gasteiger partial charge in [0.2, 0.25) is 5.88 Å². The molecule has 0 unspecified atom stereocenters. The lowest BCUT2D eigenvalue weighted by molar-refractivity contribution is 0.439. The van der Waals surface area contributed by atoms with E-state index in [2.05, 4.69) is 62.3 Å². The molecule has 0 spiro atoms. The van der Waals surface area contributed by atoms with Crippen LogP contribution in [0.4, 0.5) is 0 Å². The van der Waals surface area contributed by atoms with Crippen molar-refractivity contribution < 1.29 is 4.74 Å². The summed E-state index contributed by atoms with van der Waals surface area (Å²) in [6.07, 6.45) is 1.76. The normalized spacial score (nSPS) is 15.9. The molecule has 0 atom stereocenters. The van der Waals surface area contributed by atoms with Crippen LogP contribution in [0.3, 0.4) is 0 Å². The standard InChI is InChI=1S/C12H7I2NO/c13-12(14)8-4-1-2-6-10(8)16-11-9(12)5-3-7-15-11/h1-7H. The van der Waals surface area contributed by atoms with Crippen LogP contribution in [0.1, 0.15) is 11.1 Å². The summed E-state index contributed by atoms with van der Waals surface area (Å²) in [6.45, 7) is 0. The molecule has 80 valence electrons. The quantitative estimate of drug-likeness (QED) is 0.456. The average molecular weight is 435 g/mol. The lowest BCUT2D eigenvalue weighted by Crippen LogP contribution is -2.18. The third-order valence-corrected chi connectivity index (χ3v) is 4.87. The van der Waals surface area contributed by atoms with Gasteiger partial charge in [0.15, 0.2) is 0 Å². The van der Waals surface area contributed by atoms with Crippen molar-refractivity contribution in [1.82, 2.24) is 4.98 Å². The lowest BCUT2D eigenvalue weighted by atomic mass is 10.0. The number of para-hydroxylation sites is 1. The Morgan fingerprint density at radius 2 is 1.75 bits per heavy atom. The fourth-order valence-electron chi connectivity index (χ4n) is 1.78. The molecule has 0 amide bonds. The first-order chi connectivity index (χ1) is 7.69. The summed E-state index contributed by atoms with van der Waals surface area (Å²) in [7, 11) is 0. The van der Waals surface area contributed by atoms with E-state index in [0.29, 0.717) is 5.88 Å². The molecule has 0 N–H and O–H groups in total. The van der Waals surface area contributed by atoms with Crippen LogP contribution in [0.15, 0.2) is 42.6 Å². The van der Waals surface area contributed by atoms with Gasteiger partial charge < -0.3 is 4.74 Å². The molecule has 1 aliphatic rings. The van der Waals surface area contributed by atoms with Crippen LogP contribution in [-0.2, 0) is 1.43 Å². The van der Waals surface area contributed by atoms with Crippen molar-refractivity contribution in [2.75, 3.05) is 0 Å². The molecule has 4 heteroatoms. The van der Waals surface area contributed by atoms with Gasteiger partial charge in [-0.3, -0.25) is 0 Å². The van der Waals surface area contributed by atoms with Crippen LogP contribution >= 0.6 is 45.2 Å². The van der Waals surface area contributed by atoms with E-state index in [4.69, 9.17) is 4.74 Å². The number of ether oxygens (including phenoxy) is 1. The molecule has 16 heavy (non-hydrogen) atoms. The summed E-state index contributed by atoms with van der Waals surface area (Å²) in [5, 5.41) is 0. The first-order valence-electron chi connectivity index (χ1n) is 4.80. The number of aromatic nitrogens is 1. The highest BCUT2D eigenvalue weighted by molar-refractivity contribution is 14.2. The Bertz CT molecular complexity index is 507. The van der Waals surface area contributed by atoms with Gasteiger partial charge in [0.05, 0.1) is 0 Å². The van der Waals surface area contributed by atoms with Crippen molar-refractivity contribution in [3.8, 4) is 11.6 Å². The number of nitrogens with zero attached hydrogens (tertiary/aromatic N) is 1. The summed E-state index contributed by atoms with van der Waals surface area (Å²) >= 11 is 4.88. The highest BCUT2D eigenvalue weighted by Gasteiger charge is 2.37. The van der Waals surface area contributed by atoms with Crippen molar-refractivity contribution in [2.45, 2.75) is 1.43 Å². The minimum atomic E-state index is -0.103. The van der Waals surface area contributed by atoms with Gasteiger partial charge in [-0.05, 0) is 18.2 Å². The molecule has 0 saturated heterocycles. The number of halogens is 2. The Morgan fingerprint density at radius 3 is 2.62 bits per heavy atom. The third-order valence-electron chi connectivity index (χ3n) is 2.54. The fraction of sp³-hybridized carbons (Fsp3) is 0.0833. The van der Waals surface area contributed by atoms with Gasteiger partial charge in [0, 0.05) is 17.3 Å². The number of rotatable bonds is 0. The number of hydrogen-bond acceptors (Lipinski definition) is 2. The molecule has 2 heterocycles. The Labute approximate surface area is 121 Å². The number of fused-ring (bicyclic) bond motifs is 2. The molecule has 2 aromatic rings. The maximum Gasteiger partial charge on any atom is 0.224 e. The maximum absolute atomic E-state index is 5.79. The van der Waals surface area contributed by atoms with Crippen LogP contribution in [0.25, 0.3) is 0 Å². The SMILES string of the molecule is IC1(I)c2ccccc2Oc2ncccc21. The van der Waals surface area contributed by atoms with Gasteiger partial charge in [0.25, 0.3) is 0 Å². The van der Waals surface area contributed by atoms with E-state index in [-0.39, 0.29) is 1.43 Å². The van der Waals surface area contributed by atoms with Crippen molar-refractivity contribution in [3.63, 3.8) is 0 Å². The third kappa shape index (κ3) is 1.54. The summed E-state index contributed by atoms with van der Waals surface area (Å²) in [5.74, 6) is 1.61. The summed E-state index contributed by atoms with van der Waals surface area (Å²) in [4.78, 5) is 4.28. The summed E-state index contributed by atoms with van der Waals surface area (Å²) in [6, 6.07) is 12.1. The van der Waals surface area contributed by atoms with Crippen LogP contribution in [0.5, 0.6) is 11.6 Å². The van der Waals surface area contributed by atoms with Gasteiger partial charge in [-0.15, -0.1) is 0 Å². The second-order valence-corrected chi connectivity index (χ2v) is 8.83. The van der Waals surface area contributed by atoms with E-state index in [0.717, 1.165) is 11.3 Å². The Morgan fingerprint density at radius 1 is 1.00 bits per heavy atom. The van der Waals surface area contributed by atoms with Gasteiger partial charge >= 0.3 is 0 Å². The number of hydrogen-bond donors (Lipinski definition) is 0. The van der Waals surface area contributed by atoms with Crippen LogP contribution in [0.2, 0.25) is 0 Å². The smallest absolute Gasteiger partial charge is 0.224 e. The first-order valence-corrected chi connectivity index (χ1v) is 6.96. The predicted molar refractivity (Wildman–Crippen MR) is 79.6 cm³/mol. The van der Waals surface area contributed by atoms with E-state index >= 15 is 0 Å². The molecule has 3 rings (SSSR count). The average Bonchev–Trinajstić information content (AvgIpc) is 2.29. The van der Waals surface area contributed by atoms with Crippen LogP contribution < -0.4 is 4.74 Å². The van der Waals surface area contributed by atoms with E-state index in [1.54, 1.807) is 6.20 Å². The predicted octanol–water partition coefficient (Wildman–Crippen LogP) is 4.26. The van der Waals surface area contributed by atoms with E-state index in [1.165, 1.54) is 5.56 Å².